The fourth-order valence-corrected chi connectivity index (χ4v) is 3.91. The molecule has 168 valence electrons. The average molecular weight is 422 g/mol. The van der Waals surface area contributed by atoms with Gasteiger partial charge in [-0.05, 0) is 51.9 Å². The number of methoxy groups -OCH3 is 1. The van der Waals surface area contributed by atoms with Gasteiger partial charge in [0.1, 0.15) is 5.82 Å². The van der Waals surface area contributed by atoms with E-state index in [2.05, 4.69) is 14.5 Å². The smallest absolute Gasteiger partial charge is 0.305 e. The molecule has 1 aromatic carbocycles. The lowest BCUT2D eigenvalue weighted by atomic mass is 9.96. The summed E-state index contributed by atoms with van der Waals surface area (Å²) in [7, 11) is 5.36. The van der Waals surface area contributed by atoms with E-state index < -0.39 is 0 Å². The van der Waals surface area contributed by atoms with Crippen molar-refractivity contribution in [2.24, 2.45) is 5.92 Å². The number of halogens is 1. The van der Waals surface area contributed by atoms with Crippen LogP contribution < -0.4 is 0 Å². The second-order valence-corrected chi connectivity index (χ2v) is 8.41. The Bertz CT molecular complexity index is 683. The molecular weight excluding hydrogens is 385 g/mol. The number of hydrogen-bond acceptors (Lipinski definition) is 5. The van der Waals surface area contributed by atoms with Crippen molar-refractivity contribution in [3.8, 4) is 0 Å². The lowest BCUT2D eigenvalue weighted by Crippen LogP contribution is -2.44. The summed E-state index contributed by atoms with van der Waals surface area (Å²) in [5.74, 6) is 0.0240. The molecule has 1 atom stereocenters. The van der Waals surface area contributed by atoms with Gasteiger partial charge in [0.2, 0.25) is 5.91 Å². The molecule has 1 fully saturated rings. The molecule has 30 heavy (non-hydrogen) atoms. The lowest BCUT2D eigenvalue weighted by Gasteiger charge is -2.36. The fourth-order valence-electron chi connectivity index (χ4n) is 3.91. The molecule has 0 radical (unpaired) electrons. The Morgan fingerprint density at radius 1 is 1.20 bits per heavy atom. The van der Waals surface area contributed by atoms with Crippen molar-refractivity contribution < 1.29 is 18.7 Å². The first-order valence-corrected chi connectivity index (χ1v) is 10.8. The van der Waals surface area contributed by atoms with Crippen molar-refractivity contribution in [2.75, 3.05) is 53.9 Å². The van der Waals surface area contributed by atoms with Gasteiger partial charge in [0, 0.05) is 51.1 Å². The van der Waals surface area contributed by atoms with Gasteiger partial charge >= 0.3 is 5.97 Å². The van der Waals surface area contributed by atoms with Crippen LogP contribution >= 0.6 is 0 Å². The van der Waals surface area contributed by atoms with Gasteiger partial charge in [-0.15, -0.1) is 0 Å². The van der Waals surface area contributed by atoms with Gasteiger partial charge < -0.3 is 14.5 Å². The first kappa shape index (κ1) is 24.3. The lowest BCUT2D eigenvalue weighted by molar-refractivity contribution is -0.141. The summed E-state index contributed by atoms with van der Waals surface area (Å²) in [6, 6.07) is 6.93. The molecule has 0 bridgehead atoms. The van der Waals surface area contributed by atoms with E-state index in [1.54, 1.807) is 6.07 Å². The molecular formula is C23H36FN3O3. The number of benzene rings is 1. The topological polar surface area (TPSA) is 53.1 Å². The van der Waals surface area contributed by atoms with E-state index in [9.17, 15) is 14.0 Å². The molecule has 1 aliphatic heterocycles. The molecule has 1 aromatic rings. The fraction of sp³-hybridized carbons (Fsp3) is 0.652. The van der Waals surface area contributed by atoms with Crippen LogP contribution in [0.5, 0.6) is 0 Å². The zero-order valence-corrected chi connectivity index (χ0v) is 18.6. The van der Waals surface area contributed by atoms with E-state index in [1.807, 2.05) is 31.1 Å². The Labute approximate surface area is 180 Å². The monoisotopic (exact) mass is 421 g/mol. The van der Waals surface area contributed by atoms with Crippen molar-refractivity contribution >= 4 is 11.9 Å². The van der Waals surface area contributed by atoms with Crippen LogP contribution in [0.25, 0.3) is 0 Å². The van der Waals surface area contributed by atoms with Gasteiger partial charge in [-0.3, -0.25) is 14.5 Å². The molecule has 1 saturated heterocycles. The third-order valence-electron chi connectivity index (χ3n) is 5.60. The second-order valence-electron chi connectivity index (χ2n) is 8.41. The van der Waals surface area contributed by atoms with E-state index in [0.717, 1.165) is 38.0 Å². The van der Waals surface area contributed by atoms with E-state index in [-0.39, 0.29) is 24.1 Å². The Kier molecular flexibility index (Phi) is 10.2. The van der Waals surface area contributed by atoms with Gasteiger partial charge in [-0.2, -0.15) is 0 Å². The average Bonchev–Trinajstić information content (AvgIpc) is 2.72. The minimum Gasteiger partial charge on any atom is -0.469 e. The summed E-state index contributed by atoms with van der Waals surface area (Å²) in [6.45, 7) is 4.60. The van der Waals surface area contributed by atoms with Crippen LogP contribution in [0.3, 0.4) is 0 Å². The van der Waals surface area contributed by atoms with Crippen LogP contribution in [0, 0.1) is 11.7 Å². The number of carbonyl (C=O) groups is 2. The number of piperidine rings is 1. The van der Waals surface area contributed by atoms with Crippen LogP contribution in [0.1, 0.15) is 37.7 Å². The first-order valence-electron chi connectivity index (χ1n) is 10.8. The summed E-state index contributed by atoms with van der Waals surface area (Å²) in [5, 5.41) is 0. The predicted octanol–water partition coefficient (Wildman–Crippen LogP) is 2.77. The van der Waals surface area contributed by atoms with E-state index in [0.29, 0.717) is 38.4 Å². The molecule has 0 spiro atoms. The van der Waals surface area contributed by atoms with E-state index in [1.165, 1.54) is 13.2 Å². The third kappa shape index (κ3) is 8.40. The van der Waals surface area contributed by atoms with Gasteiger partial charge in [0.25, 0.3) is 0 Å². The minimum atomic E-state index is -0.279. The second kappa shape index (κ2) is 12.6. The Morgan fingerprint density at radius 2 is 1.97 bits per heavy atom. The van der Waals surface area contributed by atoms with Gasteiger partial charge in [0.15, 0.2) is 0 Å². The minimum absolute atomic E-state index is 0.0898. The molecule has 7 heteroatoms. The number of likely N-dealkylation sites (tertiary alicyclic amines) is 1. The largest absolute Gasteiger partial charge is 0.469 e. The molecule has 0 N–H and O–H groups in total. The van der Waals surface area contributed by atoms with Gasteiger partial charge in [-0.1, -0.05) is 18.2 Å². The Balaban J connectivity index is 1.91. The third-order valence-corrected chi connectivity index (χ3v) is 5.60. The maximum atomic E-state index is 14.0. The Hall–Kier alpha value is -1.99. The number of ether oxygens (including phenoxy) is 1. The van der Waals surface area contributed by atoms with Crippen LogP contribution in [0.15, 0.2) is 24.3 Å². The summed E-state index contributed by atoms with van der Waals surface area (Å²) >= 11 is 0. The molecule has 1 amide bonds. The quantitative estimate of drug-likeness (QED) is 0.515. The normalized spacial score (nSPS) is 17.2. The Morgan fingerprint density at radius 3 is 2.67 bits per heavy atom. The van der Waals surface area contributed by atoms with Crippen LogP contribution in [0.2, 0.25) is 0 Å². The molecule has 0 saturated carbocycles. The maximum Gasteiger partial charge on any atom is 0.305 e. The molecule has 0 aromatic heterocycles. The van der Waals surface area contributed by atoms with Crippen LogP contribution in [0.4, 0.5) is 4.39 Å². The van der Waals surface area contributed by atoms with Gasteiger partial charge in [-0.25, -0.2) is 4.39 Å². The highest BCUT2D eigenvalue weighted by atomic mass is 19.1. The van der Waals surface area contributed by atoms with Crippen molar-refractivity contribution in [3.05, 3.63) is 35.6 Å². The molecule has 2 rings (SSSR count). The zero-order chi connectivity index (χ0) is 21.9. The summed E-state index contributed by atoms with van der Waals surface area (Å²) in [4.78, 5) is 30.4. The summed E-state index contributed by atoms with van der Waals surface area (Å²) in [6.07, 6.45) is 3.25. The SMILES string of the molecule is COC(=O)CCCC(=O)N(CCN(C)C)CC1CCCN(Cc2ccccc2F)C1. The predicted molar refractivity (Wildman–Crippen MR) is 115 cm³/mol. The standard InChI is InChI=1S/C23H36FN3O3/c1-25(2)14-15-27(22(28)11-6-12-23(29)30-3)17-19-8-7-13-26(16-19)18-20-9-4-5-10-21(20)24/h4-5,9-10,19H,6-8,11-18H2,1-3H3. The summed E-state index contributed by atoms with van der Waals surface area (Å²) in [5.41, 5.74) is 0.724. The van der Waals surface area contributed by atoms with Crippen LogP contribution in [-0.4, -0.2) is 80.5 Å². The molecule has 0 aliphatic carbocycles. The van der Waals surface area contributed by atoms with Crippen molar-refractivity contribution in [1.29, 1.82) is 0 Å². The number of carbonyl (C=O) groups excluding carboxylic acids is 2. The van der Waals surface area contributed by atoms with Gasteiger partial charge in [0.05, 0.1) is 7.11 Å². The number of amides is 1. The highest BCUT2D eigenvalue weighted by Gasteiger charge is 2.25. The number of nitrogens with zero attached hydrogens (tertiary/aromatic N) is 3. The van der Waals surface area contributed by atoms with Crippen molar-refractivity contribution in [3.63, 3.8) is 0 Å². The number of rotatable bonds is 11. The molecule has 6 nitrogen and oxygen atoms in total. The first-order chi connectivity index (χ1) is 14.4. The number of esters is 1. The van der Waals surface area contributed by atoms with E-state index in [4.69, 9.17) is 0 Å². The molecule has 1 heterocycles. The molecule has 1 aliphatic rings. The van der Waals surface area contributed by atoms with E-state index >= 15 is 0 Å². The van der Waals surface area contributed by atoms with Crippen molar-refractivity contribution in [2.45, 2.75) is 38.6 Å². The van der Waals surface area contributed by atoms with Crippen LogP contribution in [-0.2, 0) is 20.9 Å². The highest BCUT2D eigenvalue weighted by Crippen LogP contribution is 2.21. The van der Waals surface area contributed by atoms with Crippen molar-refractivity contribution in [1.82, 2.24) is 14.7 Å². The maximum absolute atomic E-state index is 14.0. The number of likely N-dealkylation sites (N-methyl/N-ethyl adjacent to an activating group) is 1. The summed E-state index contributed by atoms with van der Waals surface area (Å²) < 4.78 is 18.7. The molecule has 1 unspecified atom stereocenters. The highest BCUT2D eigenvalue weighted by molar-refractivity contribution is 5.77. The number of hydrogen-bond donors (Lipinski definition) is 0. The zero-order valence-electron chi connectivity index (χ0n) is 18.6.